The lowest BCUT2D eigenvalue weighted by Gasteiger charge is -2.11. The normalized spacial score (nSPS) is 11.1. The van der Waals surface area contributed by atoms with Crippen LogP contribution in [0.3, 0.4) is 0 Å². The fraction of sp³-hybridized carbons (Fsp3) is 0.0909. The first-order chi connectivity index (χ1) is 14.3. The molecule has 0 aliphatic rings. The van der Waals surface area contributed by atoms with E-state index in [4.69, 9.17) is 14.9 Å². The van der Waals surface area contributed by atoms with Crippen molar-refractivity contribution in [2.24, 2.45) is 0 Å². The van der Waals surface area contributed by atoms with E-state index in [1.165, 1.54) is 24.4 Å². The molecule has 0 amide bonds. The molecule has 4 aromatic rings. The second-order valence-corrected chi connectivity index (χ2v) is 6.66. The molecule has 4 rings (SSSR count). The van der Waals surface area contributed by atoms with E-state index in [2.05, 4.69) is 4.98 Å². The molecule has 0 saturated carbocycles. The number of nitrogen functional groups attached to an aromatic ring is 1. The lowest BCUT2D eigenvalue weighted by atomic mass is 9.99. The summed E-state index contributed by atoms with van der Waals surface area (Å²) >= 11 is 0. The van der Waals surface area contributed by atoms with Crippen molar-refractivity contribution in [3.63, 3.8) is 0 Å². The quantitative estimate of drug-likeness (QED) is 0.382. The summed E-state index contributed by atoms with van der Waals surface area (Å²) in [5, 5.41) is 0.306. The van der Waals surface area contributed by atoms with Gasteiger partial charge in [0.25, 0.3) is 5.88 Å². The molecule has 8 heteroatoms. The van der Waals surface area contributed by atoms with E-state index in [0.29, 0.717) is 10.9 Å². The maximum atomic E-state index is 14.6. The Balaban J connectivity index is 1.78. The standard InChI is InChI=1S/C22H15F3N2O3/c1-11-13-9-16(24)19(29-21-15(23)5-3-7-27-21)10-18(13)30-22(28)14(11)8-12-4-2-6-17(26)20(12)25/h2-7,9-10H,8,26H2,1H3. The molecule has 2 heterocycles. The molecule has 152 valence electrons. The molecular formula is C22H15F3N2O3. The van der Waals surface area contributed by atoms with Gasteiger partial charge in [0.2, 0.25) is 0 Å². The summed E-state index contributed by atoms with van der Waals surface area (Å²) in [5.74, 6) is -2.95. The highest BCUT2D eigenvalue weighted by Crippen LogP contribution is 2.31. The number of halogens is 3. The van der Waals surface area contributed by atoms with Crippen LogP contribution in [0.2, 0.25) is 0 Å². The van der Waals surface area contributed by atoms with Gasteiger partial charge in [-0.25, -0.2) is 22.9 Å². The minimum absolute atomic E-state index is 0.0371. The van der Waals surface area contributed by atoms with Gasteiger partial charge < -0.3 is 14.9 Å². The number of nitrogens with two attached hydrogens (primary N) is 1. The number of pyridine rings is 1. The third-order valence-electron chi connectivity index (χ3n) is 4.75. The van der Waals surface area contributed by atoms with E-state index in [1.54, 1.807) is 13.0 Å². The van der Waals surface area contributed by atoms with E-state index in [-0.39, 0.29) is 34.6 Å². The molecule has 0 spiro atoms. The molecule has 2 aromatic heterocycles. The summed E-state index contributed by atoms with van der Waals surface area (Å²) < 4.78 is 53.1. The topological polar surface area (TPSA) is 78.4 Å². The number of nitrogens with zero attached hydrogens (tertiary/aromatic N) is 1. The first-order valence-electron chi connectivity index (χ1n) is 8.92. The minimum atomic E-state index is -0.800. The van der Waals surface area contributed by atoms with Gasteiger partial charge in [0.15, 0.2) is 17.4 Å². The predicted molar refractivity (Wildman–Crippen MR) is 105 cm³/mol. The van der Waals surface area contributed by atoms with Crippen molar-refractivity contribution in [1.82, 2.24) is 4.98 Å². The Kier molecular flexibility index (Phi) is 4.91. The van der Waals surface area contributed by atoms with Gasteiger partial charge in [0, 0.05) is 29.6 Å². The van der Waals surface area contributed by atoms with Gasteiger partial charge in [-0.05, 0) is 42.3 Å². The van der Waals surface area contributed by atoms with Crippen molar-refractivity contribution in [2.75, 3.05) is 5.73 Å². The maximum absolute atomic E-state index is 14.6. The Morgan fingerprint density at radius 2 is 1.90 bits per heavy atom. The lowest BCUT2D eigenvalue weighted by molar-refractivity contribution is 0.398. The van der Waals surface area contributed by atoms with Crippen molar-refractivity contribution in [1.29, 1.82) is 0 Å². The van der Waals surface area contributed by atoms with Crippen LogP contribution in [-0.2, 0) is 6.42 Å². The van der Waals surface area contributed by atoms with Crippen LogP contribution in [0.15, 0.2) is 57.9 Å². The zero-order chi connectivity index (χ0) is 21.4. The number of rotatable bonds is 4. The number of fused-ring (bicyclic) bond motifs is 1. The lowest BCUT2D eigenvalue weighted by Crippen LogP contribution is -2.12. The van der Waals surface area contributed by atoms with Gasteiger partial charge in [0.1, 0.15) is 11.4 Å². The van der Waals surface area contributed by atoms with E-state index in [1.807, 2.05) is 0 Å². The minimum Gasteiger partial charge on any atom is -0.433 e. The van der Waals surface area contributed by atoms with Crippen LogP contribution in [0.1, 0.15) is 16.7 Å². The third kappa shape index (κ3) is 3.47. The summed E-state index contributed by atoms with van der Waals surface area (Å²) in [7, 11) is 0. The molecule has 2 N–H and O–H groups in total. The van der Waals surface area contributed by atoms with Crippen LogP contribution in [-0.4, -0.2) is 4.98 Å². The third-order valence-corrected chi connectivity index (χ3v) is 4.75. The number of hydrogen-bond donors (Lipinski definition) is 1. The second kappa shape index (κ2) is 7.55. The molecule has 0 aliphatic heterocycles. The Labute approximate surface area is 168 Å². The molecule has 0 radical (unpaired) electrons. The summed E-state index contributed by atoms with van der Waals surface area (Å²) in [4.78, 5) is 16.2. The highest BCUT2D eigenvalue weighted by Gasteiger charge is 2.18. The van der Waals surface area contributed by atoms with Gasteiger partial charge in [-0.15, -0.1) is 0 Å². The molecule has 30 heavy (non-hydrogen) atoms. The Bertz CT molecular complexity index is 1340. The number of benzene rings is 2. The van der Waals surface area contributed by atoms with Crippen molar-refractivity contribution < 1.29 is 22.3 Å². The number of ether oxygens (including phenoxy) is 1. The van der Waals surface area contributed by atoms with Gasteiger partial charge in [0.05, 0.1) is 5.69 Å². The average Bonchev–Trinajstić information content (AvgIpc) is 2.71. The SMILES string of the molecule is Cc1c(Cc2cccc(N)c2F)c(=O)oc2cc(Oc3ncccc3F)c(F)cc12. The van der Waals surface area contributed by atoms with E-state index in [9.17, 15) is 18.0 Å². The van der Waals surface area contributed by atoms with Gasteiger partial charge >= 0.3 is 5.63 Å². The number of anilines is 1. The van der Waals surface area contributed by atoms with Crippen LogP contribution in [0.4, 0.5) is 18.9 Å². The summed E-state index contributed by atoms with van der Waals surface area (Å²) in [5.41, 5.74) is 5.70. The summed E-state index contributed by atoms with van der Waals surface area (Å²) in [6, 6.07) is 9.25. The van der Waals surface area contributed by atoms with Crippen LogP contribution < -0.4 is 16.1 Å². The smallest absolute Gasteiger partial charge is 0.340 e. The molecule has 0 atom stereocenters. The van der Waals surface area contributed by atoms with Crippen LogP contribution in [0.25, 0.3) is 11.0 Å². The van der Waals surface area contributed by atoms with Crippen molar-refractivity contribution in [3.05, 3.63) is 93.2 Å². The Morgan fingerprint density at radius 1 is 1.10 bits per heavy atom. The monoisotopic (exact) mass is 412 g/mol. The molecular weight excluding hydrogens is 397 g/mol. The molecule has 0 bridgehead atoms. The fourth-order valence-corrected chi connectivity index (χ4v) is 3.15. The van der Waals surface area contributed by atoms with Crippen molar-refractivity contribution in [2.45, 2.75) is 13.3 Å². The Hall–Kier alpha value is -3.81. The molecule has 0 saturated heterocycles. The first-order valence-corrected chi connectivity index (χ1v) is 8.92. The highest BCUT2D eigenvalue weighted by atomic mass is 19.1. The Morgan fingerprint density at radius 3 is 2.67 bits per heavy atom. The summed E-state index contributed by atoms with van der Waals surface area (Å²) in [6.45, 7) is 1.61. The van der Waals surface area contributed by atoms with Gasteiger partial charge in [-0.1, -0.05) is 12.1 Å². The maximum Gasteiger partial charge on any atom is 0.340 e. The number of aromatic nitrogens is 1. The average molecular weight is 412 g/mol. The molecule has 2 aromatic carbocycles. The molecule has 0 unspecified atom stereocenters. The van der Waals surface area contributed by atoms with Gasteiger partial charge in [-0.3, -0.25) is 0 Å². The second-order valence-electron chi connectivity index (χ2n) is 6.66. The summed E-state index contributed by atoms with van der Waals surface area (Å²) in [6.07, 6.45) is 1.23. The predicted octanol–water partition coefficient (Wildman–Crippen LogP) is 4.88. The van der Waals surface area contributed by atoms with Crippen molar-refractivity contribution >= 4 is 16.7 Å². The van der Waals surface area contributed by atoms with Crippen LogP contribution in [0, 0.1) is 24.4 Å². The van der Waals surface area contributed by atoms with Crippen LogP contribution >= 0.6 is 0 Å². The van der Waals surface area contributed by atoms with Crippen LogP contribution in [0.5, 0.6) is 11.6 Å². The molecule has 0 aliphatic carbocycles. The molecule has 0 fully saturated rings. The van der Waals surface area contributed by atoms with E-state index < -0.39 is 29.0 Å². The largest absolute Gasteiger partial charge is 0.433 e. The zero-order valence-corrected chi connectivity index (χ0v) is 15.7. The van der Waals surface area contributed by atoms with Gasteiger partial charge in [-0.2, -0.15) is 0 Å². The highest BCUT2D eigenvalue weighted by molar-refractivity contribution is 5.82. The first kappa shape index (κ1) is 19.5. The fourth-order valence-electron chi connectivity index (χ4n) is 3.15. The van der Waals surface area contributed by atoms with Crippen molar-refractivity contribution in [3.8, 4) is 11.6 Å². The molecule has 5 nitrogen and oxygen atoms in total. The zero-order valence-electron chi connectivity index (χ0n) is 15.7. The number of aryl methyl sites for hydroxylation is 1. The van der Waals surface area contributed by atoms with E-state index in [0.717, 1.165) is 18.2 Å². The van der Waals surface area contributed by atoms with E-state index >= 15 is 0 Å². The number of hydrogen-bond acceptors (Lipinski definition) is 5.